The molecule has 2 rings (SSSR count). The number of nitrogens with zero attached hydrogens (tertiary/aromatic N) is 1. The van der Waals surface area contributed by atoms with E-state index in [4.69, 9.17) is 0 Å². The van der Waals surface area contributed by atoms with Gasteiger partial charge < -0.3 is 10.2 Å². The number of halogens is 3. The monoisotopic (exact) mass is 328 g/mol. The van der Waals surface area contributed by atoms with Crippen molar-refractivity contribution in [2.75, 3.05) is 18.4 Å². The van der Waals surface area contributed by atoms with Crippen LogP contribution < -0.4 is 5.32 Å². The lowest BCUT2D eigenvalue weighted by atomic mass is 9.96. The van der Waals surface area contributed by atoms with Crippen LogP contribution in [0.1, 0.15) is 24.0 Å². The van der Waals surface area contributed by atoms with E-state index >= 15 is 0 Å². The van der Waals surface area contributed by atoms with Crippen molar-refractivity contribution in [3.8, 4) is 0 Å². The highest BCUT2D eigenvalue weighted by Gasteiger charge is 2.44. The second-order valence-electron chi connectivity index (χ2n) is 5.90. The molecule has 0 radical (unpaired) electrons. The molecule has 1 unspecified atom stereocenters. The fourth-order valence-electron chi connectivity index (χ4n) is 2.66. The predicted molar refractivity (Wildman–Crippen MR) is 79.9 cm³/mol. The van der Waals surface area contributed by atoms with E-state index in [0.29, 0.717) is 18.5 Å². The Hall–Kier alpha value is -2.05. The first-order chi connectivity index (χ1) is 10.7. The summed E-state index contributed by atoms with van der Waals surface area (Å²) in [5.74, 6) is -2.85. The van der Waals surface area contributed by atoms with Gasteiger partial charge in [0.15, 0.2) is 0 Å². The van der Waals surface area contributed by atoms with Gasteiger partial charge in [-0.25, -0.2) is 0 Å². The Labute approximate surface area is 132 Å². The standard InChI is InChI=1S/C16H19F3N2O2/c1-10-5-6-11(2)13(8-10)20-14(22)12-4-3-7-21(9-12)15(23)16(17,18)19/h5-6,8,12H,3-4,7,9H2,1-2H3,(H,20,22). The minimum Gasteiger partial charge on any atom is -0.334 e. The van der Waals surface area contributed by atoms with Crippen LogP contribution in [0.2, 0.25) is 0 Å². The van der Waals surface area contributed by atoms with Crippen molar-refractivity contribution in [3.05, 3.63) is 29.3 Å². The molecule has 23 heavy (non-hydrogen) atoms. The van der Waals surface area contributed by atoms with Gasteiger partial charge in [0.2, 0.25) is 5.91 Å². The SMILES string of the molecule is Cc1ccc(C)c(NC(=O)C2CCCN(C(=O)C(F)(F)F)C2)c1. The minimum absolute atomic E-state index is 0.0333. The zero-order chi connectivity index (χ0) is 17.2. The number of carbonyl (C=O) groups is 2. The summed E-state index contributed by atoms with van der Waals surface area (Å²) in [6.07, 6.45) is -4.05. The number of aryl methyl sites for hydroxylation is 2. The summed E-state index contributed by atoms with van der Waals surface area (Å²) in [6.45, 7) is 3.56. The van der Waals surface area contributed by atoms with Gasteiger partial charge in [0, 0.05) is 18.8 Å². The van der Waals surface area contributed by atoms with E-state index in [0.717, 1.165) is 16.0 Å². The van der Waals surface area contributed by atoms with Gasteiger partial charge in [-0.15, -0.1) is 0 Å². The van der Waals surface area contributed by atoms with Crippen molar-refractivity contribution in [1.29, 1.82) is 0 Å². The molecule has 1 fully saturated rings. The Kier molecular flexibility index (Phi) is 4.97. The number of hydrogen-bond donors (Lipinski definition) is 1. The van der Waals surface area contributed by atoms with Crippen LogP contribution >= 0.6 is 0 Å². The number of nitrogens with one attached hydrogen (secondary N) is 1. The van der Waals surface area contributed by atoms with E-state index in [1.165, 1.54) is 0 Å². The highest BCUT2D eigenvalue weighted by atomic mass is 19.4. The Morgan fingerprint density at radius 2 is 1.96 bits per heavy atom. The molecule has 4 nitrogen and oxygen atoms in total. The molecule has 1 saturated heterocycles. The molecule has 1 aromatic rings. The molecule has 1 aromatic carbocycles. The molecule has 1 atom stereocenters. The highest BCUT2D eigenvalue weighted by Crippen LogP contribution is 2.25. The molecule has 1 N–H and O–H groups in total. The predicted octanol–water partition coefficient (Wildman–Crippen LogP) is 3.04. The van der Waals surface area contributed by atoms with Crippen molar-refractivity contribution < 1.29 is 22.8 Å². The van der Waals surface area contributed by atoms with Crippen LogP contribution in [0.5, 0.6) is 0 Å². The van der Waals surface area contributed by atoms with E-state index in [2.05, 4.69) is 5.32 Å². The number of carbonyl (C=O) groups excluding carboxylic acids is 2. The van der Waals surface area contributed by atoms with E-state index < -0.39 is 18.0 Å². The summed E-state index contributed by atoms with van der Waals surface area (Å²) in [4.78, 5) is 24.4. The molecule has 0 bridgehead atoms. The van der Waals surface area contributed by atoms with Crippen LogP contribution in [0.3, 0.4) is 0 Å². The molecule has 1 heterocycles. The van der Waals surface area contributed by atoms with Gasteiger partial charge in [-0.2, -0.15) is 13.2 Å². The summed E-state index contributed by atoms with van der Waals surface area (Å²) in [5.41, 5.74) is 2.50. The van der Waals surface area contributed by atoms with E-state index in [1.807, 2.05) is 32.0 Å². The maximum atomic E-state index is 12.5. The first-order valence-electron chi connectivity index (χ1n) is 7.42. The lowest BCUT2D eigenvalue weighted by Gasteiger charge is -2.32. The summed E-state index contributed by atoms with van der Waals surface area (Å²) in [6, 6.07) is 5.59. The first kappa shape index (κ1) is 17.3. The molecule has 1 aliphatic rings. The summed E-state index contributed by atoms with van der Waals surface area (Å²) < 4.78 is 37.5. The number of likely N-dealkylation sites (tertiary alicyclic amines) is 1. The smallest absolute Gasteiger partial charge is 0.334 e. The molecule has 1 aliphatic heterocycles. The second kappa shape index (κ2) is 6.60. The van der Waals surface area contributed by atoms with Crippen LogP contribution in [-0.2, 0) is 9.59 Å². The van der Waals surface area contributed by atoms with E-state index in [9.17, 15) is 22.8 Å². The van der Waals surface area contributed by atoms with Gasteiger partial charge in [0.25, 0.3) is 0 Å². The Bertz CT molecular complexity index is 614. The Balaban J connectivity index is 2.05. The number of benzene rings is 1. The summed E-state index contributed by atoms with van der Waals surface area (Å²) in [7, 11) is 0. The largest absolute Gasteiger partial charge is 0.471 e. The van der Waals surface area contributed by atoms with Crippen molar-refractivity contribution in [1.82, 2.24) is 4.90 Å². The van der Waals surface area contributed by atoms with Crippen LogP contribution in [0.4, 0.5) is 18.9 Å². The van der Waals surface area contributed by atoms with Gasteiger partial charge in [-0.1, -0.05) is 12.1 Å². The number of piperidine rings is 1. The number of amides is 2. The zero-order valence-corrected chi connectivity index (χ0v) is 13.0. The topological polar surface area (TPSA) is 49.4 Å². The van der Waals surface area contributed by atoms with Crippen molar-refractivity contribution in [2.45, 2.75) is 32.9 Å². The molecular weight excluding hydrogens is 309 g/mol. The molecule has 0 aromatic heterocycles. The summed E-state index contributed by atoms with van der Waals surface area (Å²) in [5, 5.41) is 2.76. The van der Waals surface area contributed by atoms with Crippen LogP contribution in [0.25, 0.3) is 0 Å². The van der Waals surface area contributed by atoms with Gasteiger partial charge in [-0.05, 0) is 43.9 Å². The van der Waals surface area contributed by atoms with Crippen LogP contribution in [-0.4, -0.2) is 36.0 Å². The Morgan fingerprint density at radius 1 is 1.26 bits per heavy atom. The van der Waals surface area contributed by atoms with E-state index in [1.54, 1.807) is 0 Å². The van der Waals surface area contributed by atoms with Gasteiger partial charge in [0.1, 0.15) is 0 Å². The van der Waals surface area contributed by atoms with Crippen molar-refractivity contribution >= 4 is 17.5 Å². The van der Waals surface area contributed by atoms with Gasteiger partial charge in [0.05, 0.1) is 5.92 Å². The number of alkyl halides is 3. The first-order valence-corrected chi connectivity index (χ1v) is 7.42. The van der Waals surface area contributed by atoms with Gasteiger partial charge >= 0.3 is 12.1 Å². The number of rotatable bonds is 2. The zero-order valence-electron chi connectivity index (χ0n) is 13.0. The average Bonchev–Trinajstić information content (AvgIpc) is 2.49. The third kappa shape index (κ3) is 4.24. The number of anilines is 1. The van der Waals surface area contributed by atoms with Crippen LogP contribution in [0.15, 0.2) is 18.2 Å². The molecule has 0 saturated carbocycles. The van der Waals surface area contributed by atoms with Crippen LogP contribution in [0, 0.1) is 19.8 Å². The van der Waals surface area contributed by atoms with E-state index in [-0.39, 0.29) is 19.0 Å². The molecule has 0 aliphatic carbocycles. The lowest BCUT2D eigenvalue weighted by Crippen LogP contribution is -2.48. The quantitative estimate of drug-likeness (QED) is 0.907. The maximum absolute atomic E-state index is 12.5. The minimum atomic E-state index is -4.90. The fraction of sp³-hybridized carbons (Fsp3) is 0.500. The average molecular weight is 328 g/mol. The third-order valence-corrected chi connectivity index (χ3v) is 3.97. The molecular formula is C16H19F3N2O2. The molecule has 2 amide bonds. The maximum Gasteiger partial charge on any atom is 0.471 e. The molecule has 7 heteroatoms. The lowest BCUT2D eigenvalue weighted by molar-refractivity contribution is -0.187. The third-order valence-electron chi connectivity index (χ3n) is 3.97. The van der Waals surface area contributed by atoms with Crippen molar-refractivity contribution in [2.24, 2.45) is 5.92 Å². The summed E-state index contributed by atoms with van der Waals surface area (Å²) >= 11 is 0. The highest BCUT2D eigenvalue weighted by molar-refractivity contribution is 5.94. The van der Waals surface area contributed by atoms with Gasteiger partial charge in [-0.3, -0.25) is 9.59 Å². The molecule has 126 valence electrons. The second-order valence-corrected chi connectivity index (χ2v) is 5.90. The molecule has 0 spiro atoms. The van der Waals surface area contributed by atoms with Crippen molar-refractivity contribution in [3.63, 3.8) is 0 Å². The number of hydrogen-bond acceptors (Lipinski definition) is 2. The normalized spacial score (nSPS) is 18.7. The fourth-order valence-corrected chi connectivity index (χ4v) is 2.66. The Morgan fingerprint density at radius 3 is 2.61 bits per heavy atom.